The van der Waals surface area contributed by atoms with Crippen LogP contribution < -0.4 is 5.32 Å². The van der Waals surface area contributed by atoms with Gasteiger partial charge in [-0.3, -0.25) is 4.79 Å². The van der Waals surface area contributed by atoms with Crippen molar-refractivity contribution in [2.24, 2.45) is 0 Å². The number of carbonyl (C=O) groups excluding carboxylic acids is 1. The molecule has 2 rings (SSSR count). The van der Waals surface area contributed by atoms with Gasteiger partial charge in [0.05, 0.1) is 0 Å². The molecule has 106 valence electrons. The lowest BCUT2D eigenvalue weighted by atomic mass is 10.2. The molecule has 0 aromatic carbocycles. The topological polar surface area (TPSA) is 34.0 Å². The Labute approximate surface area is 127 Å². The number of aromatic nitrogens is 1. The van der Waals surface area contributed by atoms with Crippen LogP contribution in [0.2, 0.25) is 0 Å². The monoisotopic (exact) mass is 344 g/mol. The van der Waals surface area contributed by atoms with Gasteiger partial charge in [0.25, 0.3) is 5.91 Å². The number of hydrogen-bond donors (Lipinski definition) is 1. The second-order valence-corrected chi connectivity index (χ2v) is 7.38. The smallest absolute Gasteiger partial charge is 0.268 e. The van der Waals surface area contributed by atoms with E-state index in [4.69, 9.17) is 0 Å². The molecule has 0 bridgehead atoms. The van der Waals surface area contributed by atoms with Crippen LogP contribution >= 0.6 is 27.7 Å². The predicted octanol–water partition coefficient (Wildman–Crippen LogP) is 3.67. The Morgan fingerprint density at radius 1 is 1.53 bits per heavy atom. The van der Waals surface area contributed by atoms with Crippen molar-refractivity contribution in [2.45, 2.75) is 50.9 Å². The Hall–Kier alpha value is -0.420. The van der Waals surface area contributed by atoms with E-state index in [-0.39, 0.29) is 5.91 Å². The molecule has 1 aromatic heterocycles. The third-order valence-electron chi connectivity index (χ3n) is 3.56. The first kappa shape index (κ1) is 15.0. The highest BCUT2D eigenvalue weighted by molar-refractivity contribution is 9.10. The normalized spacial score (nSPS) is 22.7. The molecule has 0 spiro atoms. The summed E-state index contributed by atoms with van der Waals surface area (Å²) in [4.78, 5) is 12.3. The number of hydrogen-bond acceptors (Lipinski definition) is 2. The van der Waals surface area contributed by atoms with Gasteiger partial charge >= 0.3 is 0 Å². The van der Waals surface area contributed by atoms with Gasteiger partial charge < -0.3 is 9.88 Å². The van der Waals surface area contributed by atoms with Crippen LogP contribution in [0.3, 0.4) is 0 Å². The van der Waals surface area contributed by atoms with Crippen molar-refractivity contribution in [1.29, 1.82) is 0 Å². The van der Waals surface area contributed by atoms with Crippen molar-refractivity contribution in [2.75, 3.05) is 5.75 Å². The zero-order chi connectivity index (χ0) is 13.8. The molecule has 5 heteroatoms. The minimum absolute atomic E-state index is 0.0553. The summed E-state index contributed by atoms with van der Waals surface area (Å²) in [5.41, 5.74) is 0.751. The maximum atomic E-state index is 12.3. The van der Waals surface area contributed by atoms with Crippen molar-refractivity contribution in [3.8, 4) is 0 Å². The molecule has 2 unspecified atom stereocenters. The first-order chi connectivity index (χ1) is 9.13. The van der Waals surface area contributed by atoms with Crippen LogP contribution in [0.15, 0.2) is 16.7 Å². The third-order valence-corrected chi connectivity index (χ3v) is 5.23. The van der Waals surface area contributed by atoms with E-state index in [0.29, 0.717) is 6.04 Å². The van der Waals surface area contributed by atoms with Gasteiger partial charge in [0.1, 0.15) is 5.69 Å². The fourth-order valence-electron chi connectivity index (χ4n) is 2.64. The Balaban J connectivity index is 1.94. The van der Waals surface area contributed by atoms with E-state index in [1.165, 1.54) is 6.42 Å². The maximum Gasteiger partial charge on any atom is 0.268 e. The molecular weight excluding hydrogens is 324 g/mol. The van der Waals surface area contributed by atoms with Crippen LogP contribution in [-0.4, -0.2) is 27.5 Å². The van der Waals surface area contributed by atoms with E-state index >= 15 is 0 Å². The number of halogens is 1. The highest BCUT2D eigenvalue weighted by Crippen LogP contribution is 2.29. The van der Waals surface area contributed by atoms with E-state index in [9.17, 15) is 4.79 Å². The fraction of sp³-hybridized carbons (Fsp3) is 0.643. The molecule has 1 aliphatic carbocycles. The summed E-state index contributed by atoms with van der Waals surface area (Å²) in [6, 6.07) is 2.24. The molecule has 3 nitrogen and oxygen atoms in total. The largest absolute Gasteiger partial charge is 0.348 e. The molecular formula is C14H21BrN2OS. The van der Waals surface area contributed by atoms with E-state index in [1.807, 2.05) is 35.5 Å². The minimum atomic E-state index is 0.0553. The number of rotatable bonds is 5. The van der Waals surface area contributed by atoms with Gasteiger partial charge in [0.15, 0.2) is 0 Å². The molecule has 1 aliphatic rings. The fourth-order valence-corrected chi connectivity index (χ4v) is 4.25. The highest BCUT2D eigenvalue weighted by atomic mass is 79.9. The minimum Gasteiger partial charge on any atom is -0.348 e. The van der Waals surface area contributed by atoms with Crippen LogP contribution in [0, 0.1) is 0 Å². The number of carbonyl (C=O) groups is 1. The predicted molar refractivity (Wildman–Crippen MR) is 84.8 cm³/mol. The SMILES string of the molecule is CCSC1CCC(NC(=O)c2cc(Br)cn2CC)C1. The van der Waals surface area contributed by atoms with Crippen LogP contribution in [-0.2, 0) is 6.54 Å². The molecule has 1 heterocycles. The summed E-state index contributed by atoms with van der Waals surface area (Å²) in [5.74, 6) is 1.22. The van der Waals surface area contributed by atoms with Crippen LogP contribution in [0.25, 0.3) is 0 Å². The van der Waals surface area contributed by atoms with Crippen molar-refractivity contribution in [1.82, 2.24) is 9.88 Å². The van der Waals surface area contributed by atoms with E-state index in [2.05, 4.69) is 28.2 Å². The Morgan fingerprint density at radius 3 is 3.00 bits per heavy atom. The summed E-state index contributed by atoms with van der Waals surface area (Å²) in [5, 5.41) is 3.90. The first-order valence-electron chi connectivity index (χ1n) is 6.92. The average Bonchev–Trinajstić information content (AvgIpc) is 2.96. The second-order valence-electron chi connectivity index (χ2n) is 4.89. The van der Waals surface area contributed by atoms with Gasteiger partial charge in [-0.1, -0.05) is 6.92 Å². The standard InChI is InChI=1S/C14H21BrN2OS/c1-3-17-9-10(15)7-13(17)14(18)16-11-5-6-12(8-11)19-4-2/h7,9,11-12H,3-6,8H2,1-2H3,(H,16,18). The number of amides is 1. The quantitative estimate of drug-likeness (QED) is 0.883. The Kier molecular flexibility index (Phi) is 5.39. The van der Waals surface area contributed by atoms with Crippen LogP contribution in [0.5, 0.6) is 0 Å². The van der Waals surface area contributed by atoms with Crippen LogP contribution in [0.1, 0.15) is 43.6 Å². The summed E-state index contributed by atoms with van der Waals surface area (Å²) >= 11 is 5.44. The van der Waals surface area contributed by atoms with Crippen molar-refractivity contribution >= 4 is 33.6 Å². The van der Waals surface area contributed by atoms with Gasteiger partial charge in [-0.2, -0.15) is 11.8 Å². The lowest BCUT2D eigenvalue weighted by molar-refractivity contribution is 0.0928. The number of nitrogens with zero attached hydrogens (tertiary/aromatic N) is 1. The number of nitrogens with one attached hydrogen (secondary N) is 1. The number of thioether (sulfide) groups is 1. The molecule has 0 saturated heterocycles. The van der Waals surface area contributed by atoms with Gasteiger partial charge in [0.2, 0.25) is 0 Å². The molecule has 2 atom stereocenters. The Bertz CT molecular complexity index is 447. The van der Waals surface area contributed by atoms with E-state index in [0.717, 1.165) is 40.6 Å². The Morgan fingerprint density at radius 2 is 2.32 bits per heavy atom. The third kappa shape index (κ3) is 3.78. The summed E-state index contributed by atoms with van der Waals surface area (Å²) in [6.07, 6.45) is 5.40. The van der Waals surface area contributed by atoms with Gasteiger partial charge in [0, 0.05) is 28.5 Å². The van der Waals surface area contributed by atoms with Crippen molar-refractivity contribution < 1.29 is 4.79 Å². The second kappa shape index (κ2) is 6.84. The highest BCUT2D eigenvalue weighted by Gasteiger charge is 2.26. The number of aryl methyl sites for hydroxylation is 1. The summed E-state index contributed by atoms with van der Waals surface area (Å²) in [6.45, 7) is 5.06. The van der Waals surface area contributed by atoms with E-state index in [1.54, 1.807) is 0 Å². The zero-order valence-corrected chi connectivity index (χ0v) is 13.9. The summed E-state index contributed by atoms with van der Waals surface area (Å²) < 4.78 is 2.94. The molecule has 1 amide bonds. The average molecular weight is 345 g/mol. The molecule has 19 heavy (non-hydrogen) atoms. The molecule has 1 N–H and O–H groups in total. The molecule has 1 fully saturated rings. The molecule has 0 aliphatic heterocycles. The van der Waals surface area contributed by atoms with Crippen LogP contribution in [0.4, 0.5) is 0 Å². The molecule has 1 aromatic rings. The lowest BCUT2D eigenvalue weighted by Crippen LogP contribution is -2.34. The van der Waals surface area contributed by atoms with Gasteiger partial charge in [-0.15, -0.1) is 0 Å². The van der Waals surface area contributed by atoms with Crippen molar-refractivity contribution in [3.05, 3.63) is 22.4 Å². The molecule has 0 radical (unpaired) electrons. The first-order valence-corrected chi connectivity index (χ1v) is 8.76. The zero-order valence-electron chi connectivity index (χ0n) is 11.5. The maximum absolute atomic E-state index is 12.3. The molecule has 1 saturated carbocycles. The van der Waals surface area contributed by atoms with Gasteiger partial charge in [-0.05, 0) is 53.9 Å². The lowest BCUT2D eigenvalue weighted by Gasteiger charge is -2.14. The summed E-state index contributed by atoms with van der Waals surface area (Å²) in [7, 11) is 0. The van der Waals surface area contributed by atoms with Gasteiger partial charge in [-0.25, -0.2) is 0 Å². The van der Waals surface area contributed by atoms with E-state index < -0.39 is 0 Å². The van der Waals surface area contributed by atoms with Crippen molar-refractivity contribution in [3.63, 3.8) is 0 Å².